The Morgan fingerprint density at radius 3 is 2.13 bits per heavy atom. The number of nitrogens with one attached hydrogen (secondary N) is 1. The van der Waals surface area contributed by atoms with E-state index in [9.17, 15) is 0 Å². The van der Waals surface area contributed by atoms with Crippen LogP contribution in [0.2, 0.25) is 0 Å². The maximum Gasteiger partial charge on any atom is 0.0125 e. The molecular formula is C14H23N. The molecule has 1 nitrogen and oxygen atoms in total. The Morgan fingerprint density at radius 2 is 1.67 bits per heavy atom. The van der Waals surface area contributed by atoms with Crippen LogP contribution in [0.25, 0.3) is 0 Å². The summed E-state index contributed by atoms with van der Waals surface area (Å²) < 4.78 is 0. The van der Waals surface area contributed by atoms with Crippen molar-refractivity contribution in [2.75, 3.05) is 7.05 Å². The molecule has 1 saturated carbocycles. The Labute approximate surface area is 94.0 Å². The van der Waals surface area contributed by atoms with Gasteiger partial charge in [-0.3, -0.25) is 0 Å². The number of rotatable bonds is 3. The molecule has 0 amide bonds. The SMILES string of the molecule is CNC(C)(C)CC1[C@H]2CCC#CCC[C@@H]12. The maximum atomic E-state index is 3.42. The van der Waals surface area contributed by atoms with Crippen LogP contribution < -0.4 is 5.32 Å². The van der Waals surface area contributed by atoms with Crippen molar-refractivity contribution >= 4 is 0 Å². The van der Waals surface area contributed by atoms with Gasteiger partial charge in [0, 0.05) is 18.4 Å². The summed E-state index contributed by atoms with van der Waals surface area (Å²) in [6.45, 7) is 4.63. The Kier molecular flexibility index (Phi) is 3.07. The highest BCUT2D eigenvalue weighted by Gasteiger charge is 2.49. The Balaban J connectivity index is 1.88. The largest absolute Gasteiger partial charge is 0.315 e. The average molecular weight is 205 g/mol. The van der Waals surface area contributed by atoms with E-state index in [1.54, 1.807) is 0 Å². The lowest BCUT2D eigenvalue weighted by Gasteiger charge is -2.24. The van der Waals surface area contributed by atoms with Crippen LogP contribution in [-0.2, 0) is 0 Å². The maximum absolute atomic E-state index is 3.42. The molecule has 1 fully saturated rings. The van der Waals surface area contributed by atoms with E-state index in [1.807, 2.05) is 0 Å². The monoisotopic (exact) mass is 205 g/mol. The molecule has 0 aromatic rings. The Bertz CT molecular complexity index is 263. The third kappa shape index (κ3) is 2.55. The van der Waals surface area contributed by atoms with Crippen LogP contribution in [0.5, 0.6) is 0 Å². The van der Waals surface area contributed by atoms with E-state index < -0.39 is 0 Å². The quantitative estimate of drug-likeness (QED) is 0.699. The summed E-state index contributed by atoms with van der Waals surface area (Å²) in [6.07, 6.45) is 6.30. The molecule has 3 atom stereocenters. The molecule has 1 unspecified atom stereocenters. The minimum atomic E-state index is 0.312. The second-order valence-corrected chi connectivity index (χ2v) is 5.76. The number of hydrogen-bond donors (Lipinski definition) is 1. The summed E-state index contributed by atoms with van der Waals surface area (Å²) in [4.78, 5) is 0. The normalized spacial score (nSPS) is 34.5. The van der Waals surface area contributed by atoms with Crippen molar-refractivity contribution < 1.29 is 0 Å². The fourth-order valence-corrected chi connectivity index (χ4v) is 3.03. The van der Waals surface area contributed by atoms with Crippen molar-refractivity contribution in [2.24, 2.45) is 17.8 Å². The van der Waals surface area contributed by atoms with Gasteiger partial charge in [-0.25, -0.2) is 0 Å². The van der Waals surface area contributed by atoms with E-state index in [-0.39, 0.29) is 0 Å². The Hall–Kier alpha value is -0.480. The molecule has 15 heavy (non-hydrogen) atoms. The highest BCUT2D eigenvalue weighted by Crippen LogP contribution is 2.55. The molecule has 0 saturated heterocycles. The van der Waals surface area contributed by atoms with Gasteiger partial charge in [0.25, 0.3) is 0 Å². The van der Waals surface area contributed by atoms with Crippen molar-refractivity contribution in [1.29, 1.82) is 0 Å². The van der Waals surface area contributed by atoms with E-state index >= 15 is 0 Å². The first-order chi connectivity index (χ1) is 7.14. The Morgan fingerprint density at radius 1 is 1.13 bits per heavy atom. The van der Waals surface area contributed by atoms with Crippen molar-refractivity contribution in [3.8, 4) is 11.8 Å². The standard InChI is InChI=1S/C14H23N/c1-14(2,15-3)10-13-11-8-6-4-5-7-9-12(11)13/h11-13,15H,6-10H2,1-3H3/t11-,12+,13?. The van der Waals surface area contributed by atoms with Gasteiger partial charge in [0.2, 0.25) is 0 Å². The van der Waals surface area contributed by atoms with Crippen LogP contribution in [0.1, 0.15) is 46.0 Å². The second-order valence-electron chi connectivity index (χ2n) is 5.76. The van der Waals surface area contributed by atoms with Gasteiger partial charge in [-0.1, -0.05) is 0 Å². The third-order valence-corrected chi connectivity index (χ3v) is 4.26. The third-order valence-electron chi connectivity index (χ3n) is 4.26. The van der Waals surface area contributed by atoms with Crippen LogP contribution in [0.15, 0.2) is 0 Å². The van der Waals surface area contributed by atoms with Gasteiger partial charge in [-0.2, -0.15) is 0 Å². The van der Waals surface area contributed by atoms with Gasteiger partial charge in [0.05, 0.1) is 0 Å². The molecule has 0 aromatic carbocycles. The molecule has 2 aliphatic rings. The van der Waals surface area contributed by atoms with Crippen molar-refractivity contribution in [1.82, 2.24) is 5.32 Å². The molecule has 0 aromatic heterocycles. The second kappa shape index (κ2) is 4.18. The van der Waals surface area contributed by atoms with Gasteiger partial charge < -0.3 is 5.32 Å². The molecular weight excluding hydrogens is 182 g/mol. The lowest BCUT2D eigenvalue weighted by atomic mass is 9.95. The highest BCUT2D eigenvalue weighted by molar-refractivity contribution is 5.08. The highest BCUT2D eigenvalue weighted by atomic mass is 14.9. The first kappa shape index (κ1) is 11.0. The molecule has 0 aliphatic heterocycles. The fraction of sp³-hybridized carbons (Fsp3) is 0.857. The zero-order valence-corrected chi connectivity index (χ0v) is 10.3. The van der Waals surface area contributed by atoms with Crippen molar-refractivity contribution in [3.05, 3.63) is 0 Å². The van der Waals surface area contributed by atoms with Crippen LogP contribution in [0.3, 0.4) is 0 Å². The van der Waals surface area contributed by atoms with Gasteiger partial charge in [-0.15, -0.1) is 11.8 Å². The van der Waals surface area contributed by atoms with Crippen LogP contribution in [0, 0.1) is 29.6 Å². The lowest BCUT2D eigenvalue weighted by molar-refractivity contribution is 0.355. The first-order valence-electron chi connectivity index (χ1n) is 6.29. The van der Waals surface area contributed by atoms with E-state index in [4.69, 9.17) is 0 Å². The predicted octanol–water partition coefficient (Wildman–Crippen LogP) is 2.81. The molecule has 2 aliphatic carbocycles. The molecule has 1 N–H and O–H groups in total. The molecule has 84 valence electrons. The van der Waals surface area contributed by atoms with Crippen LogP contribution >= 0.6 is 0 Å². The van der Waals surface area contributed by atoms with Gasteiger partial charge in [0.1, 0.15) is 0 Å². The zero-order valence-electron chi connectivity index (χ0n) is 10.3. The smallest absolute Gasteiger partial charge is 0.0125 e. The topological polar surface area (TPSA) is 12.0 Å². The minimum Gasteiger partial charge on any atom is -0.315 e. The summed E-state index contributed by atoms with van der Waals surface area (Å²) in [5.74, 6) is 9.50. The van der Waals surface area contributed by atoms with Crippen molar-refractivity contribution in [3.63, 3.8) is 0 Å². The van der Waals surface area contributed by atoms with Gasteiger partial charge >= 0.3 is 0 Å². The summed E-state index contributed by atoms with van der Waals surface area (Å²) in [5, 5.41) is 3.42. The molecule has 0 heterocycles. The molecule has 0 spiro atoms. The number of fused-ring (bicyclic) bond motifs is 1. The summed E-state index contributed by atoms with van der Waals surface area (Å²) in [5.41, 5.74) is 0.312. The summed E-state index contributed by atoms with van der Waals surface area (Å²) in [7, 11) is 2.08. The van der Waals surface area contributed by atoms with E-state index in [0.29, 0.717) is 5.54 Å². The molecule has 0 bridgehead atoms. The first-order valence-corrected chi connectivity index (χ1v) is 6.29. The zero-order chi connectivity index (χ0) is 10.9. The van der Waals surface area contributed by atoms with E-state index in [2.05, 4.69) is 38.1 Å². The molecule has 0 radical (unpaired) electrons. The van der Waals surface area contributed by atoms with Gasteiger partial charge in [0.15, 0.2) is 0 Å². The van der Waals surface area contributed by atoms with E-state index in [0.717, 1.165) is 30.6 Å². The number of hydrogen-bond acceptors (Lipinski definition) is 1. The summed E-state index contributed by atoms with van der Waals surface area (Å²) >= 11 is 0. The molecule has 2 rings (SSSR count). The van der Waals surface area contributed by atoms with Crippen molar-refractivity contribution in [2.45, 2.75) is 51.5 Å². The van der Waals surface area contributed by atoms with Crippen LogP contribution in [0.4, 0.5) is 0 Å². The molecule has 1 heteroatoms. The van der Waals surface area contributed by atoms with Gasteiger partial charge in [-0.05, 0) is 57.9 Å². The van der Waals surface area contributed by atoms with Crippen LogP contribution in [-0.4, -0.2) is 12.6 Å². The fourth-order valence-electron chi connectivity index (χ4n) is 3.03. The predicted molar refractivity (Wildman–Crippen MR) is 64.5 cm³/mol. The average Bonchev–Trinajstić information content (AvgIpc) is 2.74. The van der Waals surface area contributed by atoms with E-state index in [1.165, 1.54) is 19.3 Å². The minimum absolute atomic E-state index is 0.312. The lowest BCUT2D eigenvalue weighted by Crippen LogP contribution is -2.36. The summed E-state index contributed by atoms with van der Waals surface area (Å²) in [6, 6.07) is 0.